The quantitative estimate of drug-likeness (QED) is 0.644. The van der Waals surface area contributed by atoms with Crippen LogP contribution < -0.4 is 10.1 Å². The van der Waals surface area contributed by atoms with Crippen LogP contribution in [0.15, 0.2) is 58.6 Å². The van der Waals surface area contributed by atoms with Gasteiger partial charge in [-0.25, -0.2) is 0 Å². The Morgan fingerprint density at radius 2 is 2.04 bits per heavy atom. The SMILES string of the molecule is COc1ccc(/C=C(/C#N)C(=O)NCc2ccccc2)cc1Br. The van der Waals surface area contributed by atoms with E-state index in [-0.39, 0.29) is 5.57 Å². The third kappa shape index (κ3) is 4.70. The van der Waals surface area contributed by atoms with Crippen LogP contribution in [0.4, 0.5) is 0 Å². The lowest BCUT2D eigenvalue weighted by Crippen LogP contribution is -2.23. The zero-order valence-corrected chi connectivity index (χ0v) is 14.1. The molecule has 0 bridgehead atoms. The van der Waals surface area contributed by atoms with Crippen LogP contribution >= 0.6 is 15.9 Å². The largest absolute Gasteiger partial charge is 0.496 e. The van der Waals surface area contributed by atoms with E-state index in [0.29, 0.717) is 12.3 Å². The Kier molecular flexibility index (Phi) is 5.95. The van der Waals surface area contributed by atoms with Gasteiger partial charge < -0.3 is 10.1 Å². The van der Waals surface area contributed by atoms with Gasteiger partial charge in [-0.15, -0.1) is 0 Å². The Bertz CT molecular complexity index is 764. The molecule has 0 saturated heterocycles. The molecule has 4 nitrogen and oxygen atoms in total. The second-order valence-electron chi connectivity index (χ2n) is 4.73. The molecule has 2 aromatic carbocycles. The summed E-state index contributed by atoms with van der Waals surface area (Å²) in [6.45, 7) is 0.380. The first kappa shape index (κ1) is 16.8. The summed E-state index contributed by atoms with van der Waals surface area (Å²) in [5.74, 6) is 0.289. The number of hydrogen-bond acceptors (Lipinski definition) is 3. The van der Waals surface area contributed by atoms with Crippen LogP contribution in [0.1, 0.15) is 11.1 Å². The lowest BCUT2D eigenvalue weighted by atomic mass is 10.1. The summed E-state index contributed by atoms with van der Waals surface area (Å²) in [4.78, 5) is 12.1. The van der Waals surface area contributed by atoms with E-state index in [9.17, 15) is 10.1 Å². The third-order valence-corrected chi connectivity index (χ3v) is 3.77. The van der Waals surface area contributed by atoms with Gasteiger partial charge in [0.05, 0.1) is 11.6 Å². The van der Waals surface area contributed by atoms with Gasteiger partial charge in [0.15, 0.2) is 0 Å². The minimum atomic E-state index is -0.400. The van der Waals surface area contributed by atoms with Crippen LogP contribution in [0.5, 0.6) is 5.75 Å². The van der Waals surface area contributed by atoms with Crippen molar-refractivity contribution in [3.05, 3.63) is 69.7 Å². The van der Waals surface area contributed by atoms with Crippen molar-refractivity contribution in [2.24, 2.45) is 0 Å². The summed E-state index contributed by atoms with van der Waals surface area (Å²) in [6, 6.07) is 16.8. The summed E-state index contributed by atoms with van der Waals surface area (Å²) in [5.41, 5.74) is 1.77. The monoisotopic (exact) mass is 370 g/mol. The lowest BCUT2D eigenvalue weighted by molar-refractivity contribution is -0.117. The Balaban J connectivity index is 2.10. The molecule has 0 saturated carbocycles. The molecule has 116 valence electrons. The van der Waals surface area contributed by atoms with Gasteiger partial charge in [0.2, 0.25) is 0 Å². The fraction of sp³-hybridized carbons (Fsp3) is 0.111. The van der Waals surface area contributed by atoms with Crippen molar-refractivity contribution in [3.63, 3.8) is 0 Å². The molecule has 0 aliphatic carbocycles. The molecule has 0 aromatic heterocycles. The zero-order valence-electron chi connectivity index (χ0n) is 12.5. The number of nitrogens with zero attached hydrogens (tertiary/aromatic N) is 1. The number of benzene rings is 2. The fourth-order valence-corrected chi connectivity index (χ4v) is 2.52. The van der Waals surface area contributed by atoms with Gasteiger partial charge in [0, 0.05) is 6.54 Å². The molecule has 1 N–H and O–H groups in total. The molecule has 0 atom stereocenters. The number of ether oxygens (including phenoxy) is 1. The molecule has 0 unspecified atom stereocenters. The highest BCUT2D eigenvalue weighted by Gasteiger charge is 2.09. The van der Waals surface area contributed by atoms with E-state index in [4.69, 9.17) is 4.74 Å². The Morgan fingerprint density at radius 1 is 1.30 bits per heavy atom. The van der Waals surface area contributed by atoms with Crippen molar-refractivity contribution < 1.29 is 9.53 Å². The first-order valence-corrected chi connectivity index (χ1v) is 7.71. The predicted octanol–water partition coefficient (Wildman–Crippen LogP) is 3.68. The Labute approximate surface area is 143 Å². The molecule has 1 amide bonds. The average molecular weight is 371 g/mol. The second-order valence-corrected chi connectivity index (χ2v) is 5.59. The molecular weight excluding hydrogens is 356 g/mol. The van der Waals surface area contributed by atoms with Crippen molar-refractivity contribution in [1.29, 1.82) is 5.26 Å². The van der Waals surface area contributed by atoms with E-state index >= 15 is 0 Å². The molecule has 0 fully saturated rings. The topological polar surface area (TPSA) is 62.1 Å². The molecule has 2 rings (SSSR count). The molecular formula is C18H15BrN2O2. The summed E-state index contributed by atoms with van der Waals surface area (Å²) in [5, 5.41) is 12.0. The van der Waals surface area contributed by atoms with E-state index in [1.54, 1.807) is 31.4 Å². The third-order valence-electron chi connectivity index (χ3n) is 3.15. The van der Waals surface area contributed by atoms with E-state index in [1.807, 2.05) is 36.4 Å². The highest BCUT2D eigenvalue weighted by atomic mass is 79.9. The maximum Gasteiger partial charge on any atom is 0.262 e. The number of carbonyl (C=O) groups is 1. The lowest BCUT2D eigenvalue weighted by Gasteiger charge is -2.06. The number of rotatable bonds is 5. The molecule has 5 heteroatoms. The van der Waals surface area contributed by atoms with Crippen LogP contribution in [-0.2, 0) is 11.3 Å². The smallest absolute Gasteiger partial charge is 0.262 e. The summed E-state index contributed by atoms with van der Waals surface area (Å²) < 4.78 is 5.91. The molecule has 2 aromatic rings. The maximum atomic E-state index is 12.1. The summed E-state index contributed by atoms with van der Waals surface area (Å²) in [6.07, 6.45) is 1.55. The minimum absolute atomic E-state index is 0.0537. The van der Waals surface area contributed by atoms with Gasteiger partial charge >= 0.3 is 0 Å². The molecule has 0 heterocycles. The standard InChI is InChI=1S/C18H15BrN2O2/c1-23-17-8-7-14(10-16(17)19)9-15(11-20)18(22)21-12-13-5-3-2-4-6-13/h2-10H,12H2,1H3,(H,21,22)/b15-9-. The van der Waals surface area contributed by atoms with Crippen molar-refractivity contribution >= 4 is 27.9 Å². The van der Waals surface area contributed by atoms with Crippen molar-refractivity contribution in [3.8, 4) is 11.8 Å². The number of halogens is 1. The van der Waals surface area contributed by atoms with Crippen LogP contribution in [0.2, 0.25) is 0 Å². The second kappa shape index (κ2) is 8.16. The highest BCUT2D eigenvalue weighted by molar-refractivity contribution is 9.10. The molecule has 0 spiro atoms. The van der Waals surface area contributed by atoms with Crippen LogP contribution in [0.3, 0.4) is 0 Å². The average Bonchev–Trinajstić information content (AvgIpc) is 2.58. The van der Waals surface area contributed by atoms with E-state index in [1.165, 1.54) is 0 Å². The highest BCUT2D eigenvalue weighted by Crippen LogP contribution is 2.26. The van der Waals surface area contributed by atoms with Gasteiger partial charge in [-0.1, -0.05) is 36.4 Å². The summed E-state index contributed by atoms with van der Waals surface area (Å²) in [7, 11) is 1.58. The number of hydrogen-bond donors (Lipinski definition) is 1. The Hall–Kier alpha value is -2.58. The van der Waals surface area contributed by atoms with Gasteiger partial charge in [-0.05, 0) is 45.3 Å². The normalized spacial score (nSPS) is 10.7. The summed E-state index contributed by atoms with van der Waals surface area (Å²) >= 11 is 3.38. The number of carbonyl (C=O) groups excluding carboxylic acids is 1. The van der Waals surface area contributed by atoms with E-state index in [2.05, 4.69) is 21.2 Å². The van der Waals surface area contributed by atoms with Gasteiger partial charge in [0.1, 0.15) is 17.4 Å². The van der Waals surface area contributed by atoms with E-state index in [0.717, 1.165) is 15.6 Å². The molecule has 0 radical (unpaired) electrons. The van der Waals surface area contributed by atoms with Crippen molar-refractivity contribution in [2.75, 3.05) is 7.11 Å². The maximum absolute atomic E-state index is 12.1. The van der Waals surface area contributed by atoms with Crippen LogP contribution in [0.25, 0.3) is 6.08 Å². The first-order chi connectivity index (χ1) is 11.1. The van der Waals surface area contributed by atoms with Crippen LogP contribution in [0, 0.1) is 11.3 Å². The van der Waals surface area contributed by atoms with Gasteiger partial charge in [-0.2, -0.15) is 5.26 Å². The first-order valence-electron chi connectivity index (χ1n) is 6.91. The van der Waals surface area contributed by atoms with Crippen molar-refractivity contribution in [1.82, 2.24) is 5.32 Å². The van der Waals surface area contributed by atoms with Crippen LogP contribution in [-0.4, -0.2) is 13.0 Å². The minimum Gasteiger partial charge on any atom is -0.496 e. The van der Waals surface area contributed by atoms with Crippen molar-refractivity contribution in [2.45, 2.75) is 6.54 Å². The van der Waals surface area contributed by atoms with E-state index < -0.39 is 5.91 Å². The molecule has 0 aliphatic rings. The molecule has 0 aliphatic heterocycles. The number of methoxy groups -OCH3 is 1. The zero-order chi connectivity index (χ0) is 16.7. The predicted molar refractivity (Wildman–Crippen MR) is 92.6 cm³/mol. The van der Waals surface area contributed by atoms with Gasteiger partial charge in [0.25, 0.3) is 5.91 Å². The Morgan fingerprint density at radius 3 is 2.65 bits per heavy atom. The number of amides is 1. The number of nitriles is 1. The fourth-order valence-electron chi connectivity index (χ4n) is 1.96. The molecule has 23 heavy (non-hydrogen) atoms. The van der Waals surface area contributed by atoms with Gasteiger partial charge in [-0.3, -0.25) is 4.79 Å². The number of nitrogens with one attached hydrogen (secondary N) is 1.